The first-order chi connectivity index (χ1) is 9.47. The van der Waals surface area contributed by atoms with Crippen molar-refractivity contribution in [1.29, 1.82) is 0 Å². The zero-order valence-corrected chi connectivity index (χ0v) is 12.1. The minimum atomic E-state index is -0.829. The molecular formula is C15H11Cl2FO2. The number of carbonyl (C=O) groups excluding carboxylic acids is 1. The lowest BCUT2D eigenvalue weighted by molar-refractivity contribution is 0.0814. The fourth-order valence-corrected chi connectivity index (χ4v) is 2.05. The molecule has 0 bridgehead atoms. The smallest absolute Gasteiger partial charge is 0.205 e. The van der Waals surface area contributed by atoms with Crippen LogP contribution in [0.5, 0.6) is 5.75 Å². The number of benzene rings is 2. The molecule has 2 nitrogen and oxygen atoms in total. The fourth-order valence-electron chi connectivity index (χ4n) is 1.71. The molecule has 0 aromatic heterocycles. The Hall–Kier alpha value is -1.58. The van der Waals surface area contributed by atoms with Gasteiger partial charge in [-0.15, -0.1) is 0 Å². The van der Waals surface area contributed by atoms with E-state index in [4.69, 9.17) is 27.9 Å². The van der Waals surface area contributed by atoms with Gasteiger partial charge in [0.25, 0.3) is 0 Å². The van der Waals surface area contributed by atoms with Gasteiger partial charge in [-0.2, -0.15) is 0 Å². The Kier molecular flexibility index (Phi) is 4.63. The van der Waals surface area contributed by atoms with Crippen molar-refractivity contribution in [2.75, 3.05) is 0 Å². The van der Waals surface area contributed by atoms with Crippen LogP contribution in [0.3, 0.4) is 0 Å². The molecule has 0 fully saturated rings. The highest BCUT2D eigenvalue weighted by Gasteiger charge is 2.20. The zero-order chi connectivity index (χ0) is 14.7. The van der Waals surface area contributed by atoms with E-state index in [1.165, 1.54) is 12.1 Å². The first-order valence-electron chi connectivity index (χ1n) is 5.89. The Bertz CT molecular complexity index is 644. The van der Waals surface area contributed by atoms with E-state index in [9.17, 15) is 9.18 Å². The van der Waals surface area contributed by atoms with E-state index in [-0.39, 0.29) is 10.6 Å². The molecule has 0 heterocycles. The molecule has 20 heavy (non-hydrogen) atoms. The summed E-state index contributed by atoms with van der Waals surface area (Å²) in [6.07, 6.45) is -0.829. The Labute approximate surface area is 126 Å². The normalized spacial score (nSPS) is 12.0. The molecule has 2 aromatic carbocycles. The van der Waals surface area contributed by atoms with E-state index in [2.05, 4.69) is 0 Å². The van der Waals surface area contributed by atoms with Gasteiger partial charge < -0.3 is 4.74 Å². The Morgan fingerprint density at radius 3 is 2.50 bits per heavy atom. The summed E-state index contributed by atoms with van der Waals surface area (Å²) in [5, 5.41) is 0.738. The van der Waals surface area contributed by atoms with E-state index in [0.29, 0.717) is 10.8 Å². The SMILES string of the molecule is CC(Oc1cccc(Cl)c1)C(=O)c1ccc(Cl)cc1F. The number of hydrogen-bond donors (Lipinski definition) is 0. The second-order valence-corrected chi connectivity index (χ2v) is 5.08. The lowest BCUT2D eigenvalue weighted by atomic mass is 10.1. The van der Waals surface area contributed by atoms with E-state index in [1.807, 2.05) is 0 Å². The van der Waals surface area contributed by atoms with Crippen LogP contribution in [0.2, 0.25) is 10.0 Å². The summed E-state index contributed by atoms with van der Waals surface area (Å²) in [5.74, 6) is -0.670. The van der Waals surface area contributed by atoms with Crippen molar-refractivity contribution in [1.82, 2.24) is 0 Å². The van der Waals surface area contributed by atoms with Crippen LogP contribution in [0.25, 0.3) is 0 Å². The van der Waals surface area contributed by atoms with Crippen LogP contribution in [-0.2, 0) is 0 Å². The average molecular weight is 313 g/mol. The second kappa shape index (κ2) is 6.25. The molecule has 1 atom stereocenters. The second-order valence-electron chi connectivity index (χ2n) is 4.21. The summed E-state index contributed by atoms with van der Waals surface area (Å²) < 4.78 is 19.1. The van der Waals surface area contributed by atoms with Gasteiger partial charge in [-0.25, -0.2) is 4.39 Å². The predicted molar refractivity (Wildman–Crippen MR) is 77.3 cm³/mol. The molecule has 5 heteroatoms. The number of halogens is 3. The van der Waals surface area contributed by atoms with E-state index in [1.54, 1.807) is 31.2 Å². The number of ketones is 1. The zero-order valence-electron chi connectivity index (χ0n) is 10.6. The van der Waals surface area contributed by atoms with Crippen LogP contribution in [-0.4, -0.2) is 11.9 Å². The van der Waals surface area contributed by atoms with Gasteiger partial charge in [0.15, 0.2) is 6.10 Å². The highest BCUT2D eigenvalue weighted by Crippen LogP contribution is 2.21. The highest BCUT2D eigenvalue weighted by atomic mass is 35.5. The summed E-state index contributed by atoms with van der Waals surface area (Å²) in [5.41, 5.74) is -0.0519. The van der Waals surface area contributed by atoms with Crippen LogP contribution in [0, 0.1) is 5.82 Å². The van der Waals surface area contributed by atoms with Crippen molar-refractivity contribution in [3.63, 3.8) is 0 Å². The summed E-state index contributed by atoms with van der Waals surface area (Å²) >= 11 is 11.5. The third kappa shape index (κ3) is 3.50. The third-order valence-electron chi connectivity index (χ3n) is 2.67. The molecule has 1 unspecified atom stereocenters. The van der Waals surface area contributed by atoms with Gasteiger partial charge in [0.2, 0.25) is 5.78 Å². The summed E-state index contributed by atoms with van der Waals surface area (Å²) in [6.45, 7) is 1.55. The molecule has 0 radical (unpaired) electrons. The molecule has 0 aliphatic rings. The van der Waals surface area contributed by atoms with Crippen LogP contribution in [0.15, 0.2) is 42.5 Å². The molecule has 2 rings (SSSR count). The fraction of sp³-hybridized carbons (Fsp3) is 0.133. The minimum Gasteiger partial charge on any atom is -0.483 e. The highest BCUT2D eigenvalue weighted by molar-refractivity contribution is 6.31. The van der Waals surface area contributed by atoms with Gasteiger partial charge in [0, 0.05) is 10.0 Å². The number of carbonyl (C=O) groups is 1. The largest absolute Gasteiger partial charge is 0.483 e. The van der Waals surface area contributed by atoms with Gasteiger partial charge in [0.1, 0.15) is 11.6 Å². The van der Waals surface area contributed by atoms with Crippen LogP contribution >= 0.6 is 23.2 Å². The number of ether oxygens (including phenoxy) is 1. The van der Waals surface area contributed by atoms with Crippen molar-refractivity contribution in [3.05, 3.63) is 63.9 Å². The molecule has 0 spiro atoms. The summed E-state index contributed by atoms with van der Waals surface area (Å²) in [6, 6.07) is 10.6. The summed E-state index contributed by atoms with van der Waals surface area (Å²) in [4.78, 5) is 12.1. The van der Waals surface area contributed by atoms with Gasteiger partial charge in [-0.1, -0.05) is 29.3 Å². The van der Waals surface area contributed by atoms with Crippen molar-refractivity contribution < 1.29 is 13.9 Å². The van der Waals surface area contributed by atoms with E-state index < -0.39 is 17.7 Å². The maximum Gasteiger partial charge on any atom is 0.205 e. The van der Waals surface area contributed by atoms with Gasteiger partial charge in [-0.3, -0.25) is 4.79 Å². The van der Waals surface area contributed by atoms with Gasteiger partial charge in [-0.05, 0) is 43.3 Å². The maximum absolute atomic E-state index is 13.7. The Morgan fingerprint density at radius 2 is 1.85 bits per heavy atom. The average Bonchev–Trinajstić information content (AvgIpc) is 2.38. The number of Topliss-reactive ketones (excluding diaryl/α,β-unsaturated/α-hetero) is 1. The van der Waals surface area contributed by atoms with Crippen molar-refractivity contribution in [2.24, 2.45) is 0 Å². The van der Waals surface area contributed by atoms with Gasteiger partial charge in [0.05, 0.1) is 5.56 Å². The van der Waals surface area contributed by atoms with Crippen LogP contribution in [0.1, 0.15) is 17.3 Å². The first-order valence-corrected chi connectivity index (χ1v) is 6.64. The molecule has 0 aliphatic carbocycles. The standard InChI is InChI=1S/C15H11Cl2FO2/c1-9(20-12-4-2-3-10(16)7-12)15(19)13-6-5-11(17)8-14(13)18/h2-9H,1H3. The lowest BCUT2D eigenvalue weighted by Crippen LogP contribution is -2.24. The molecule has 0 saturated carbocycles. The van der Waals surface area contributed by atoms with E-state index >= 15 is 0 Å². The van der Waals surface area contributed by atoms with Crippen molar-refractivity contribution >= 4 is 29.0 Å². The molecule has 0 saturated heterocycles. The number of rotatable bonds is 4. The Balaban J connectivity index is 2.16. The minimum absolute atomic E-state index is 0.0519. The van der Waals surface area contributed by atoms with Crippen LogP contribution < -0.4 is 4.74 Å². The third-order valence-corrected chi connectivity index (χ3v) is 3.14. The molecule has 0 N–H and O–H groups in total. The number of hydrogen-bond acceptors (Lipinski definition) is 2. The first kappa shape index (κ1) is 14.8. The van der Waals surface area contributed by atoms with Crippen molar-refractivity contribution in [3.8, 4) is 5.75 Å². The molecule has 2 aromatic rings. The molecule has 0 amide bonds. The molecule has 0 aliphatic heterocycles. The molecular weight excluding hydrogens is 302 g/mol. The quantitative estimate of drug-likeness (QED) is 0.759. The Morgan fingerprint density at radius 1 is 1.15 bits per heavy atom. The predicted octanol–water partition coefficient (Wildman–Crippen LogP) is 4.78. The maximum atomic E-state index is 13.7. The van der Waals surface area contributed by atoms with Crippen molar-refractivity contribution in [2.45, 2.75) is 13.0 Å². The van der Waals surface area contributed by atoms with Crippen LogP contribution in [0.4, 0.5) is 4.39 Å². The van der Waals surface area contributed by atoms with Gasteiger partial charge >= 0.3 is 0 Å². The molecule has 104 valence electrons. The lowest BCUT2D eigenvalue weighted by Gasteiger charge is -2.14. The van der Waals surface area contributed by atoms with E-state index in [0.717, 1.165) is 6.07 Å². The monoisotopic (exact) mass is 312 g/mol. The summed E-state index contributed by atoms with van der Waals surface area (Å²) in [7, 11) is 0. The topological polar surface area (TPSA) is 26.3 Å².